The standard InChI is InChI=1S/C7H10N3OS/c1-3-11-4-2-10(1)5-7-9-8-6-12-7/h1-5H2. The summed E-state index contributed by atoms with van der Waals surface area (Å²) >= 11 is 1.49. The molecule has 0 atom stereocenters. The van der Waals surface area contributed by atoms with Crippen molar-refractivity contribution in [2.45, 2.75) is 6.54 Å². The Labute approximate surface area is 75.2 Å². The summed E-state index contributed by atoms with van der Waals surface area (Å²) in [5.41, 5.74) is 2.74. The highest BCUT2D eigenvalue weighted by molar-refractivity contribution is 7.08. The van der Waals surface area contributed by atoms with Crippen molar-refractivity contribution < 1.29 is 4.74 Å². The van der Waals surface area contributed by atoms with E-state index in [1.165, 1.54) is 11.3 Å². The number of hydrogen-bond acceptors (Lipinski definition) is 5. The van der Waals surface area contributed by atoms with Gasteiger partial charge in [-0.3, -0.25) is 4.90 Å². The molecule has 1 aliphatic rings. The molecule has 4 nitrogen and oxygen atoms in total. The summed E-state index contributed by atoms with van der Waals surface area (Å²) in [7, 11) is 0. The highest BCUT2D eigenvalue weighted by Gasteiger charge is 2.11. The van der Waals surface area contributed by atoms with Crippen molar-refractivity contribution in [1.82, 2.24) is 15.1 Å². The third-order valence-corrected chi connectivity index (χ3v) is 2.45. The normalized spacial score (nSPS) is 19.7. The molecule has 0 spiro atoms. The topological polar surface area (TPSA) is 38.2 Å². The maximum Gasteiger partial charge on any atom is 0.178 e. The first-order valence-electron chi connectivity index (χ1n) is 3.94. The minimum Gasteiger partial charge on any atom is -0.379 e. The fourth-order valence-corrected chi connectivity index (χ4v) is 1.70. The van der Waals surface area contributed by atoms with Crippen LogP contribution in [0.5, 0.6) is 0 Å². The second kappa shape index (κ2) is 3.93. The fourth-order valence-electron chi connectivity index (χ4n) is 1.18. The Balaban J connectivity index is 1.86. The van der Waals surface area contributed by atoms with Gasteiger partial charge in [-0.2, -0.15) is 0 Å². The summed E-state index contributed by atoms with van der Waals surface area (Å²) in [5.74, 6) is 0. The predicted molar refractivity (Wildman–Crippen MR) is 44.8 cm³/mol. The Bertz CT molecular complexity index is 221. The second-order valence-electron chi connectivity index (χ2n) is 2.68. The Morgan fingerprint density at radius 2 is 2.33 bits per heavy atom. The number of rotatable bonds is 2. The monoisotopic (exact) mass is 184 g/mol. The van der Waals surface area contributed by atoms with Gasteiger partial charge in [0, 0.05) is 13.1 Å². The largest absolute Gasteiger partial charge is 0.379 e. The highest BCUT2D eigenvalue weighted by atomic mass is 32.1. The van der Waals surface area contributed by atoms with E-state index < -0.39 is 0 Å². The predicted octanol–water partition coefficient (Wildman–Crippen LogP) is 0.170. The molecule has 1 saturated heterocycles. The highest BCUT2D eigenvalue weighted by Crippen LogP contribution is 2.07. The summed E-state index contributed by atoms with van der Waals surface area (Å²) in [4.78, 5) is 2.32. The lowest BCUT2D eigenvalue weighted by atomic mass is 10.4. The summed E-state index contributed by atoms with van der Waals surface area (Å²) in [6.45, 7) is 4.56. The van der Waals surface area contributed by atoms with E-state index in [4.69, 9.17) is 4.74 Å². The molecule has 1 aliphatic heterocycles. The molecule has 0 aromatic carbocycles. The molecule has 5 heteroatoms. The minimum absolute atomic E-state index is 0.836. The van der Waals surface area contributed by atoms with Crippen molar-refractivity contribution in [2.75, 3.05) is 26.3 Å². The van der Waals surface area contributed by atoms with Crippen molar-refractivity contribution >= 4 is 11.3 Å². The maximum atomic E-state index is 5.24. The number of ether oxygens (including phenoxy) is 1. The molecule has 12 heavy (non-hydrogen) atoms. The first-order chi connectivity index (χ1) is 5.95. The lowest BCUT2D eigenvalue weighted by Gasteiger charge is -2.25. The van der Waals surface area contributed by atoms with Gasteiger partial charge in [0.15, 0.2) is 5.51 Å². The number of morpholine rings is 1. The quantitative estimate of drug-likeness (QED) is 0.656. The minimum atomic E-state index is 0.836. The Morgan fingerprint density at radius 3 is 3.00 bits per heavy atom. The van der Waals surface area contributed by atoms with Crippen molar-refractivity contribution in [2.24, 2.45) is 0 Å². The molecule has 1 radical (unpaired) electrons. The van der Waals surface area contributed by atoms with Gasteiger partial charge < -0.3 is 4.74 Å². The third-order valence-electron chi connectivity index (χ3n) is 1.83. The van der Waals surface area contributed by atoms with Crippen LogP contribution < -0.4 is 0 Å². The molecule has 0 unspecified atom stereocenters. The van der Waals surface area contributed by atoms with Crippen LogP contribution in [0.2, 0.25) is 0 Å². The Kier molecular flexibility index (Phi) is 2.65. The number of aromatic nitrogens is 2. The van der Waals surface area contributed by atoms with Gasteiger partial charge in [0.05, 0.1) is 19.8 Å². The lowest BCUT2D eigenvalue weighted by Crippen LogP contribution is -2.35. The smallest absolute Gasteiger partial charge is 0.178 e. The zero-order valence-corrected chi connectivity index (χ0v) is 7.51. The van der Waals surface area contributed by atoms with Crippen LogP contribution in [0.3, 0.4) is 0 Å². The van der Waals surface area contributed by atoms with Crippen LogP contribution in [0.4, 0.5) is 0 Å². The van der Waals surface area contributed by atoms with Crippen molar-refractivity contribution in [3.63, 3.8) is 0 Å². The molecule has 0 bridgehead atoms. The summed E-state index contributed by atoms with van der Waals surface area (Å²) in [6, 6.07) is 0. The first kappa shape index (κ1) is 8.10. The van der Waals surface area contributed by atoms with Crippen LogP contribution in [0.15, 0.2) is 0 Å². The van der Waals surface area contributed by atoms with E-state index in [9.17, 15) is 0 Å². The molecular weight excluding hydrogens is 174 g/mol. The molecule has 2 rings (SSSR count). The molecule has 2 heterocycles. The van der Waals surface area contributed by atoms with E-state index in [0.717, 1.165) is 37.9 Å². The Morgan fingerprint density at radius 1 is 1.50 bits per heavy atom. The van der Waals surface area contributed by atoms with Gasteiger partial charge in [0.1, 0.15) is 5.01 Å². The van der Waals surface area contributed by atoms with E-state index in [1.807, 2.05) is 0 Å². The maximum absolute atomic E-state index is 5.24. The molecule has 1 aromatic heterocycles. The number of hydrogen-bond donors (Lipinski definition) is 0. The van der Waals surface area contributed by atoms with Gasteiger partial charge in [-0.25, -0.2) is 0 Å². The van der Waals surface area contributed by atoms with Gasteiger partial charge in [0.25, 0.3) is 0 Å². The van der Waals surface area contributed by atoms with Crippen LogP contribution in [0.25, 0.3) is 0 Å². The van der Waals surface area contributed by atoms with E-state index in [0.29, 0.717) is 0 Å². The van der Waals surface area contributed by atoms with Gasteiger partial charge in [-0.05, 0) is 0 Å². The van der Waals surface area contributed by atoms with Crippen LogP contribution in [0.1, 0.15) is 5.01 Å². The molecule has 0 N–H and O–H groups in total. The van der Waals surface area contributed by atoms with Gasteiger partial charge in [-0.1, -0.05) is 11.3 Å². The lowest BCUT2D eigenvalue weighted by molar-refractivity contribution is 0.0341. The zero-order chi connectivity index (χ0) is 8.23. The summed E-state index contributed by atoms with van der Waals surface area (Å²) in [6.07, 6.45) is 0. The number of nitrogens with zero attached hydrogens (tertiary/aromatic N) is 3. The van der Waals surface area contributed by atoms with E-state index >= 15 is 0 Å². The summed E-state index contributed by atoms with van der Waals surface area (Å²) < 4.78 is 5.24. The first-order valence-corrected chi connectivity index (χ1v) is 4.75. The van der Waals surface area contributed by atoms with Crippen LogP contribution in [-0.4, -0.2) is 41.4 Å². The van der Waals surface area contributed by atoms with Crippen LogP contribution in [0, 0.1) is 5.51 Å². The van der Waals surface area contributed by atoms with Gasteiger partial charge >= 0.3 is 0 Å². The second-order valence-corrected chi connectivity index (χ2v) is 3.53. The molecule has 0 saturated carbocycles. The van der Waals surface area contributed by atoms with Crippen molar-refractivity contribution in [3.05, 3.63) is 10.5 Å². The van der Waals surface area contributed by atoms with Crippen LogP contribution >= 0.6 is 11.3 Å². The fraction of sp³-hybridized carbons (Fsp3) is 0.714. The molecule has 1 aromatic rings. The van der Waals surface area contributed by atoms with Gasteiger partial charge in [-0.15, -0.1) is 10.2 Å². The third kappa shape index (κ3) is 2.00. The van der Waals surface area contributed by atoms with Crippen molar-refractivity contribution in [1.29, 1.82) is 0 Å². The summed E-state index contributed by atoms with van der Waals surface area (Å²) in [5, 5.41) is 8.65. The molecule has 1 fully saturated rings. The van der Waals surface area contributed by atoms with Crippen LogP contribution in [-0.2, 0) is 11.3 Å². The van der Waals surface area contributed by atoms with E-state index in [-0.39, 0.29) is 0 Å². The molecule has 65 valence electrons. The van der Waals surface area contributed by atoms with Crippen molar-refractivity contribution in [3.8, 4) is 0 Å². The molecule has 0 amide bonds. The average Bonchev–Trinajstić information content (AvgIpc) is 2.59. The van der Waals surface area contributed by atoms with Gasteiger partial charge in [0.2, 0.25) is 0 Å². The zero-order valence-electron chi connectivity index (χ0n) is 6.69. The average molecular weight is 184 g/mol. The molecular formula is C7H10N3OS. The van der Waals surface area contributed by atoms with E-state index in [2.05, 4.69) is 20.6 Å². The SMILES string of the molecule is [c]1nnc(CN2CCOCC2)s1. The molecule has 0 aliphatic carbocycles. The Hall–Kier alpha value is -0.520. The van der Waals surface area contributed by atoms with E-state index in [1.54, 1.807) is 0 Å².